The Balaban J connectivity index is 1.90. The van der Waals surface area contributed by atoms with E-state index in [0.717, 1.165) is 18.2 Å². The quantitative estimate of drug-likeness (QED) is 0.369. The molecule has 2 rings (SSSR count). The van der Waals surface area contributed by atoms with Crippen LogP contribution in [0.25, 0.3) is 6.08 Å². The molecule has 1 amide bonds. The van der Waals surface area contributed by atoms with Crippen molar-refractivity contribution in [1.29, 1.82) is 0 Å². The zero-order valence-corrected chi connectivity index (χ0v) is 13.1. The Morgan fingerprint density at radius 2 is 1.81 bits per heavy atom. The molecule has 0 radical (unpaired) electrons. The Hall–Kier alpha value is -3.62. The maximum absolute atomic E-state index is 13.0. The van der Waals surface area contributed by atoms with E-state index in [2.05, 4.69) is 10.1 Å². The zero-order chi connectivity index (χ0) is 19.1. The third kappa shape index (κ3) is 5.48. The van der Waals surface area contributed by atoms with Crippen LogP contribution in [0.4, 0.5) is 20.2 Å². The van der Waals surface area contributed by atoms with E-state index in [4.69, 9.17) is 0 Å². The molecule has 0 aliphatic heterocycles. The molecule has 0 fully saturated rings. The molecule has 0 atom stereocenters. The number of ether oxygens (including phenoxy) is 1. The van der Waals surface area contributed by atoms with E-state index in [-0.39, 0.29) is 16.9 Å². The lowest BCUT2D eigenvalue weighted by molar-refractivity contribution is -0.385. The number of nitrogens with zero attached hydrogens (tertiary/aromatic N) is 1. The summed E-state index contributed by atoms with van der Waals surface area (Å²) in [4.78, 5) is 33.4. The van der Waals surface area contributed by atoms with Crippen LogP contribution in [0.5, 0.6) is 0 Å². The minimum absolute atomic E-state index is 0.126. The summed E-state index contributed by atoms with van der Waals surface area (Å²) in [5.74, 6) is -3.46. The van der Waals surface area contributed by atoms with Crippen molar-refractivity contribution in [3.05, 3.63) is 75.9 Å². The van der Waals surface area contributed by atoms with Gasteiger partial charge in [0.05, 0.1) is 10.5 Å². The number of halogens is 2. The summed E-state index contributed by atoms with van der Waals surface area (Å²) in [5, 5.41) is 13.0. The Labute approximate surface area is 146 Å². The molecule has 0 aliphatic rings. The van der Waals surface area contributed by atoms with Gasteiger partial charge in [0.1, 0.15) is 11.6 Å². The van der Waals surface area contributed by atoms with Gasteiger partial charge in [-0.2, -0.15) is 0 Å². The van der Waals surface area contributed by atoms with Gasteiger partial charge in [0.25, 0.3) is 11.6 Å². The van der Waals surface area contributed by atoms with E-state index in [1.54, 1.807) is 6.07 Å². The van der Waals surface area contributed by atoms with Crippen LogP contribution in [0.3, 0.4) is 0 Å². The number of hydrogen-bond acceptors (Lipinski definition) is 5. The average molecular weight is 362 g/mol. The van der Waals surface area contributed by atoms with Crippen LogP contribution < -0.4 is 5.32 Å². The van der Waals surface area contributed by atoms with E-state index in [1.807, 2.05) is 0 Å². The van der Waals surface area contributed by atoms with E-state index in [9.17, 15) is 28.5 Å². The molecule has 7 nitrogen and oxygen atoms in total. The van der Waals surface area contributed by atoms with Gasteiger partial charge in [-0.3, -0.25) is 14.9 Å². The molecule has 26 heavy (non-hydrogen) atoms. The number of nitrogens with one attached hydrogen (secondary N) is 1. The second kappa shape index (κ2) is 8.47. The van der Waals surface area contributed by atoms with Gasteiger partial charge >= 0.3 is 5.97 Å². The van der Waals surface area contributed by atoms with Crippen molar-refractivity contribution < 1.29 is 28.0 Å². The number of amides is 1. The van der Waals surface area contributed by atoms with Gasteiger partial charge in [-0.15, -0.1) is 0 Å². The van der Waals surface area contributed by atoms with Gasteiger partial charge < -0.3 is 10.1 Å². The van der Waals surface area contributed by atoms with Crippen LogP contribution in [0, 0.1) is 21.7 Å². The van der Waals surface area contributed by atoms with Crippen molar-refractivity contribution >= 4 is 29.3 Å². The highest BCUT2D eigenvalue weighted by Crippen LogP contribution is 2.19. The molecule has 1 N–H and O–H groups in total. The van der Waals surface area contributed by atoms with Crippen molar-refractivity contribution in [3.63, 3.8) is 0 Å². The number of nitro benzene ring substituents is 1. The number of rotatable bonds is 6. The smallest absolute Gasteiger partial charge is 0.331 e. The van der Waals surface area contributed by atoms with Crippen LogP contribution in [-0.4, -0.2) is 23.4 Å². The van der Waals surface area contributed by atoms with Crippen molar-refractivity contribution in [2.75, 3.05) is 11.9 Å². The highest BCUT2D eigenvalue weighted by Gasteiger charge is 2.11. The van der Waals surface area contributed by atoms with Crippen LogP contribution in [0.15, 0.2) is 48.5 Å². The van der Waals surface area contributed by atoms with Gasteiger partial charge in [0.15, 0.2) is 6.61 Å². The third-order valence-electron chi connectivity index (χ3n) is 3.02. The summed E-state index contributed by atoms with van der Waals surface area (Å²) < 4.78 is 30.7. The fourth-order valence-corrected chi connectivity index (χ4v) is 1.96. The molecule has 134 valence electrons. The number of nitro groups is 1. The van der Waals surface area contributed by atoms with Crippen molar-refractivity contribution in [2.24, 2.45) is 0 Å². The monoisotopic (exact) mass is 362 g/mol. The number of hydrogen-bond donors (Lipinski definition) is 1. The number of carbonyl (C=O) groups is 2. The predicted molar refractivity (Wildman–Crippen MR) is 88.1 cm³/mol. The second-order valence-electron chi connectivity index (χ2n) is 4.96. The average Bonchev–Trinajstić information content (AvgIpc) is 2.57. The summed E-state index contributed by atoms with van der Waals surface area (Å²) in [6.45, 7) is -0.696. The van der Waals surface area contributed by atoms with Gasteiger partial charge in [0, 0.05) is 23.9 Å². The molecule has 2 aromatic rings. The number of carbonyl (C=O) groups excluding carboxylic acids is 2. The maximum Gasteiger partial charge on any atom is 0.331 e. The van der Waals surface area contributed by atoms with Gasteiger partial charge in [0.2, 0.25) is 0 Å². The normalized spacial score (nSPS) is 10.5. The molecule has 0 spiro atoms. The minimum Gasteiger partial charge on any atom is -0.452 e. The molecule has 0 saturated heterocycles. The first-order chi connectivity index (χ1) is 12.3. The summed E-state index contributed by atoms with van der Waals surface area (Å²) in [6.07, 6.45) is 2.11. The van der Waals surface area contributed by atoms with E-state index in [0.29, 0.717) is 6.07 Å². The molecule has 0 heterocycles. The Morgan fingerprint density at radius 1 is 1.15 bits per heavy atom. The number of esters is 1. The molecule has 0 unspecified atom stereocenters. The predicted octanol–water partition coefficient (Wildman–Crippen LogP) is 3.07. The van der Waals surface area contributed by atoms with Crippen molar-refractivity contribution in [3.8, 4) is 0 Å². The Morgan fingerprint density at radius 3 is 2.46 bits per heavy atom. The summed E-state index contributed by atoms with van der Waals surface area (Å²) in [5.41, 5.74) is -0.129. The minimum atomic E-state index is -0.913. The lowest BCUT2D eigenvalue weighted by Crippen LogP contribution is -2.20. The standard InChI is InChI=1S/C17H12F2N2O5/c18-12-7-13(19)9-14(8-12)20-16(22)10-26-17(23)6-5-11-3-1-2-4-15(11)21(24)25/h1-9H,10H2,(H,20,22)/b6-5+. The van der Waals surface area contributed by atoms with Crippen LogP contribution in [0.2, 0.25) is 0 Å². The highest BCUT2D eigenvalue weighted by atomic mass is 19.1. The summed E-state index contributed by atoms with van der Waals surface area (Å²) >= 11 is 0. The van der Waals surface area contributed by atoms with Crippen LogP contribution in [-0.2, 0) is 14.3 Å². The molecule has 0 aromatic heterocycles. The first-order valence-corrected chi connectivity index (χ1v) is 7.19. The number of anilines is 1. The lowest BCUT2D eigenvalue weighted by atomic mass is 10.1. The van der Waals surface area contributed by atoms with Crippen LogP contribution >= 0.6 is 0 Å². The molecule has 2 aromatic carbocycles. The Bertz CT molecular complexity index is 863. The highest BCUT2D eigenvalue weighted by molar-refractivity contribution is 5.94. The first-order valence-electron chi connectivity index (χ1n) is 7.19. The van der Waals surface area contributed by atoms with Crippen LogP contribution in [0.1, 0.15) is 5.56 Å². The SMILES string of the molecule is O=C(COC(=O)/C=C/c1ccccc1[N+](=O)[O-])Nc1cc(F)cc(F)c1. The van der Waals surface area contributed by atoms with E-state index in [1.165, 1.54) is 24.3 Å². The number of para-hydroxylation sites is 1. The van der Waals surface area contributed by atoms with Gasteiger partial charge in [-0.25, -0.2) is 13.6 Å². The molecular formula is C17H12F2N2O5. The van der Waals surface area contributed by atoms with Gasteiger partial charge in [-0.05, 0) is 24.3 Å². The zero-order valence-electron chi connectivity index (χ0n) is 13.1. The summed E-state index contributed by atoms with van der Waals surface area (Å²) in [7, 11) is 0. The molecule has 9 heteroatoms. The second-order valence-corrected chi connectivity index (χ2v) is 4.96. The fraction of sp³-hybridized carbons (Fsp3) is 0.0588. The van der Waals surface area contributed by atoms with E-state index < -0.39 is 35.0 Å². The maximum atomic E-state index is 13.0. The van der Waals surface area contributed by atoms with Gasteiger partial charge in [-0.1, -0.05) is 12.1 Å². The Kier molecular flexibility index (Phi) is 6.10. The largest absolute Gasteiger partial charge is 0.452 e. The fourth-order valence-electron chi connectivity index (χ4n) is 1.96. The summed E-state index contributed by atoms with van der Waals surface area (Å²) in [6, 6.07) is 8.19. The topological polar surface area (TPSA) is 98.5 Å². The lowest BCUT2D eigenvalue weighted by Gasteiger charge is -2.05. The molecule has 0 aliphatic carbocycles. The van der Waals surface area contributed by atoms with Crippen molar-refractivity contribution in [1.82, 2.24) is 0 Å². The van der Waals surface area contributed by atoms with E-state index >= 15 is 0 Å². The molecule has 0 bridgehead atoms. The van der Waals surface area contributed by atoms with Crippen molar-refractivity contribution in [2.45, 2.75) is 0 Å². The number of benzene rings is 2. The third-order valence-corrected chi connectivity index (χ3v) is 3.02. The first kappa shape index (κ1) is 18.7. The molecule has 0 saturated carbocycles. The molecular weight excluding hydrogens is 350 g/mol.